The third kappa shape index (κ3) is 9.73. The first-order valence-electron chi connectivity index (χ1n) is 6.50. The molecular formula is C12H29N2O2Si. The van der Waals surface area contributed by atoms with Gasteiger partial charge in [-0.3, -0.25) is 0 Å². The molecule has 0 saturated carbocycles. The Bertz CT molecular complexity index is 182. The van der Waals surface area contributed by atoms with Crippen molar-refractivity contribution in [2.75, 3.05) is 20.2 Å². The average molecular weight is 261 g/mol. The van der Waals surface area contributed by atoms with E-state index in [0.29, 0.717) is 5.92 Å². The molecule has 0 aromatic rings. The van der Waals surface area contributed by atoms with Crippen molar-refractivity contribution < 1.29 is 9.16 Å². The van der Waals surface area contributed by atoms with Crippen molar-refractivity contribution >= 4 is 9.04 Å². The van der Waals surface area contributed by atoms with E-state index in [2.05, 4.69) is 19.2 Å². The molecule has 0 aromatic heterocycles. The van der Waals surface area contributed by atoms with Gasteiger partial charge in [-0.05, 0) is 38.4 Å². The molecule has 17 heavy (non-hydrogen) atoms. The molecule has 0 heterocycles. The van der Waals surface area contributed by atoms with Crippen LogP contribution in [0.15, 0.2) is 0 Å². The maximum absolute atomic E-state index is 5.87. The number of methoxy groups -OCH3 is 1. The van der Waals surface area contributed by atoms with Crippen LogP contribution in [0, 0.1) is 5.92 Å². The molecule has 1 radical (unpaired) electrons. The molecule has 103 valence electrons. The second-order valence-electron chi connectivity index (χ2n) is 4.76. The predicted octanol–water partition coefficient (Wildman–Crippen LogP) is 1.58. The molecule has 3 unspecified atom stereocenters. The van der Waals surface area contributed by atoms with Crippen molar-refractivity contribution in [2.45, 2.75) is 52.1 Å². The van der Waals surface area contributed by atoms with Crippen molar-refractivity contribution in [1.29, 1.82) is 0 Å². The Morgan fingerprint density at radius 1 is 1.24 bits per heavy atom. The first kappa shape index (κ1) is 17.1. The van der Waals surface area contributed by atoms with Crippen LogP contribution in [-0.4, -0.2) is 41.6 Å². The number of hydrogen-bond donors (Lipinski definition) is 2. The second-order valence-corrected chi connectivity index (χ2v) is 7.19. The molecule has 0 rings (SSSR count). The van der Waals surface area contributed by atoms with Crippen molar-refractivity contribution in [3.05, 3.63) is 0 Å². The second kappa shape index (κ2) is 10.0. The lowest BCUT2D eigenvalue weighted by atomic mass is 10.2. The van der Waals surface area contributed by atoms with E-state index in [1.54, 1.807) is 7.11 Å². The first-order chi connectivity index (χ1) is 7.99. The van der Waals surface area contributed by atoms with Crippen LogP contribution in [0.5, 0.6) is 0 Å². The summed E-state index contributed by atoms with van der Waals surface area (Å²) in [5, 5.41) is 3.39. The fraction of sp³-hybridized carbons (Fsp3) is 1.00. The largest absolute Gasteiger partial charge is 0.392 e. The number of hydrogen-bond acceptors (Lipinski definition) is 4. The SMILES string of the molecule is CC[Si](CC(C)CNCC(C)N)OC(C)OC. The molecule has 0 aliphatic carbocycles. The highest BCUT2D eigenvalue weighted by atomic mass is 28.3. The number of rotatable bonds is 10. The lowest BCUT2D eigenvalue weighted by molar-refractivity contribution is -0.0418. The van der Waals surface area contributed by atoms with E-state index in [1.807, 2.05) is 13.8 Å². The number of ether oxygens (including phenoxy) is 1. The van der Waals surface area contributed by atoms with Crippen LogP contribution in [0.3, 0.4) is 0 Å². The lowest BCUT2D eigenvalue weighted by Crippen LogP contribution is -2.35. The van der Waals surface area contributed by atoms with Gasteiger partial charge >= 0.3 is 0 Å². The maximum atomic E-state index is 5.87. The van der Waals surface area contributed by atoms with Crippen LogP contribution in [0.4, 0.5) is 0 Å². The quantitative estimate of drug-likeness (QED) is 0.463. The minimum Gasteiger partial charge on any atom is -0.392 e. The summed E-state index contributed by atoms with van der Waals surface area (Å²) < 4.78 is 11.0. The fourth-order valence-electron chi connectivity index (χ4n) is 1.58. The average Bonchev–Trinajstić information content (AvgIpc) is 2.27. The van der Waals surface area contributed by atoms with E-state index >= 15 is 0 Å². The van der Waals surface area contributed by atoms with E-state index in [-0.39, 0.29) is 12.3 Å². The molecule has 4 nitrogen and oxygen atoms in total. The molecule has 0 saturated heterocycles. The Hall–Kier alpha value is 0.0569. The Morgan fingerprint density at radius 3 is 2.35 bits per heavy atom. The molecule has 5 heteroatoms. The van der Waals surface area contributed by atoms with Gasteiger partial charge < -0.3 is 20.2 Å². The van der Waals surface area contributed by atoms with Gasteiger partial charge in [-0.2, -0.15) is 0 Å². The highest BCUT2D eigenvalue weighted by molar-refractivity contribution is 6.51. The predicted molar refractivity (Wildman–Crippen MR) is 74.3 cm³/mol. The number of nitrogens with one attached hydrogen (secondary N) is 1. The summed E-state index contributed by atoms with van der Waals surface area (Å²) in [7, 11) is 0.947. The van der Waals surface area contributed by atoms with Crippen molar-refractivity contribution in [3.8, 4) is 0 Å². The van der Waals surface area contributed by atoms with Crippen LogP contribution < -0.4 is 11.1 Å². The Kier molecular flexibility index (Phi) is 10.1. The molecule has 0 amide bonds. The van der Waals surface area contributed by atoms with Gasteiger partial charge in [-0.15, -0.1) is 0 Å². The minimum absolute atomic E-state index is 0.0759. The zero-order valence-electron chi connectivity index (χ0n) is 12.0. The molecule has 0 aromatic carbocycles. The molecule has 0 bridgehead atoms. The summed E-state index contributed by atoms with van der Waals surface area (Å²) in [5.74, 6) is 0.631. The molecule has 3 N–H and O–H groups in total. The van der Waals surface area contributed by atoms with Gasteiger partial charge in [0.2, 0.25) is 9.04 Å². The summed E-state index contributed by atoms with van der Waals surface area (Å²) >= 11 is 0. The molecule has 0 fully saturated rings. The van der Waals surface area contributed by atoms with Gasteiger partial charge in [0.05, 0.1) is 0 Å². The van der Waals surface area contributed by atoms with E-state index in [0.717, 1.165) is 25.2 Å². The van der Waals surface area contributed by atoms with Gasteiger partial charge in [0.25, 0.3) is 0 Å². The van der Waals surface area contributed by atoms with E-state index in [4.69, 9.17) is 14.9 Å². The van der Waals surface area contributed by atoms with Gasteiger partial charge in [-0.25, -0.2) is 0 Å². The maximum Gasteiger partial charge on any atom is 0.214 e. The van der Waals surface area contributed by atoms with Crippen LogP contribution in [0.1, 0.15) is 27.7 Å². The monoisotopic (exact) mass is 261 g/mol. The van der Waals surface area contributed by atoms with Crippen LogP contribution in [0.2, 0.25) is 12.1 Å². The molecule has 0 spiro atoms. The third-order valence-corrected chi connectivity index (χ3v) is 5.20. The van der Waals surface area contributed by atoms with Crippen molar-refractivity contribution in [1.82, 2.24) is 5.32 Å². The fourth-order valence-corrected chi connectivity index (χ4v) is 3.62. The van der Waals surface area contributed by atoms with Crippen LogP contribution in [-0.2, 0) is 9.16 Å². The zero-order chi connectivity index (χ0) is 13.3. The van der Waals surface area contributed by atoms with E-state index in [1.165, 1.54) is 0 Å². The highest BCUT2D eigenvalue weighted by Crippen LogP contribution is 2.12. The summed E-state index contributed by atoms with van der Waals surface area (Å²) in [4.78, 5) is 0. The van der Waals surface area contributed by atoms with Crippen molar-refractivity contribution in [3.63, 3.8) is 0 Å². The Morgan fingerprint density at radius 2 is 1.88 bits per heavy atom. The van der Waals surface area contributed by atoms with Crippen LogP contribution >= 0.6 is 0 Å². The molecule has 0 aliphatic rings. The zero-order valence-corrected chi connectivity index (χ0v) is 13.0. The smallest absolute Gasteiger partial charge is 0.214 e. The first-order valence-corrected chi connectivity index (χ1v) is 8.32. The van der Waals surface area contributed by atoms with Gasteiger partial charge in [0.15, 0.2) is 0 Å². The van der Waals surface area contributed by atoms with E-state index in [9.17, 15) is 0 Å². The van der Waals surface area contributed by atoms with Gasteiger partial charge in [0.1, 0.15) is 6.29 Å². The third-order valence-electron chi connectivity index (χ3n) is 2.59. The Balaban J connectivity index is 3.77. The van der Waals surface area contributed by atoms with Gasteiger partial charge in [-0.1, -0.05) is 13.8 Å². The summed E-state index contributed by atoms with van der Waals surface area (Å²) in [6.45, 7) is 10.3. The standard InChI is InChI=1S/C12H29N2O2Si/c1-6-17(16-12(4)15-5)9-10(2)7-14-8-11(3)13/h10-12,14H,6-9,13H2,1-5H3. The van der Waals surface area contributed by atoms with E-state index < -0.39 is 9.04 Å². The summed E-state index contributed by atoms with van der Waals surface area (Å²) in [6, 6.07) is 2.50. The topological polar surface area (TPSA) is 56.5 Å². The minimum atomic E-state index is -0.741. The molecule has 3 atom stereocenters. The molecular weight excluding hydrogens is 232 g/mol. The lowest BCUT2D eigenvalue weighted by Gasteiger charge is -2.22. The van der Waals surface area contributed by atoms with Crippen LogP contribution in [0.25, 0.3) is 0 Å². The van der Waals surface area contributed by atoms with Gasteiger partial charge in [0, 0.05) is 19.7 Å². The molecule has 0 aliphatic heterocycles. The summed E-state index contributed by atoms with van der Waals surface area (Å²) in [5.41, 5.74) is 5.69. The van der Waals surface area contributed by atoms with Crippen molar-refractivity contribution in [2.24, 2.45) is 11.7 Å². The Labute approximate surface area is 108 Å². The number of nitrogens with two attached hydrogens (primary N) is 1. The summed E-state index contributed by atoms with van der Waals surface area (Å²) in [6.07, 6.45) is -0.0759. The normalized spacial score (nSPS) is 17.1. The highest BCUT2D eigenvalue weighted by Gasteiger charge is 2.17.